The Morgan fingerprint density at radius 2 is 1.77 bits per heavy atom. The van der Waals surface area contributed by atoms with Gasteiger partial charge in [-0.1, -0.05) is 42.5 Å². The predicted octanol–water partition coefficient (Wildman–Crippen LogP) is 3.14. The van der Waals surface area contributed by atoms with Gasteiger partial charge in [0.15, 0.2) is 11.5 Å². The zero-order chi connectivity index (χ0) is 23.8. The fourth-order valence-corrected chi connectivity index (χ4v) is 5.54. The van der Waals surface area contributed by atoms with Gasteiger partial charge in [-0.25, -0.2) is 4.98 Å². The van der Waals surface area contributed by atoms with Crippen LogP contribution in [-0.2, 0) is 11.3 Å². The molecule has 2 aromatic carbocycles. The number of nitrogens with zero attached hydrogens (tertiary/aromatic N) is 3. The van der Waals surface area contributed by atoms with E-state index in [-0.39, 0.29) is 18.1 Å². The fraction of sp³-hybridized carbons (Fsp3) is 0.269. The molecule has 178 valence electrons. The summed E-state index contributed by atoms with van der Waals surface area (Å²) in [4.78, 5) is 39.1. The van der Waals surface area contributed by atoms with Gasteiger partial charge in [-0.3, -0.25) is 14.5 Å². The number of hydrogen-bond acceptors (Lipinski definition) is 7. The number of thiophene rings is 1. The van der Waals surface area contributed by atoms with Crippen LogP contribution < -0.4 is 15.0 Å². The molecule has 2 aliphatic rings. The number of nitrogens with one attached hydrogen (secondary N) is 1. The van der Waals surface area contributed by atoms with Gasteiger partial charge in [-0.05, 0) is 23.8 Å². The Labute approximate surface area is 205 Å². The fourth-order valence-electron chi connectivity index (χ4n) is 4.48. The molecule has 0 unspecified atom stereocenters. The van der Waals surface area contributed by atoms with Gasteiger partial charge >= 0.3 is 0 Å². The number of rotatable bonds is 4. The minimum atomic E-state index is -0.630. The van der Waals surface area contributed by atoms with Crippen LogP contribution in [0.15, 0.2) is 65.5 Å². The SMILES string of the molecule is O=C([C@@H]1COc2ccccc2O1)N1CCN(Cc2nc3sc(-c4ccccc4)cc3c(=O)[nH]2)CC1. The highest BCUT2D eigenvalue weighted by atomic mass is 32.1. The number of carbonyl (C=O) groups excluding carboxylic acids is 1. The average Bonchev–Trinajstić information content (AvgIpc) is 3.34. The quantitative estimate of drug-likeness (QED) is 0.475. The number of carbonyl (C=O) groups is 1. The molecule has 1 saturated heterocycles. The maximum atomic E-state index is 13.0. The van der Waals surface area contributed by atoms with Crippen molar-refractivity contribution in [3.63, 3.8) is 0 Å². The summed E-state index contributed by atoms with van der Waals surface area (Å²) >= 11 is 1.53. The van der Waals surface area contributed by atoms with E-state index in [1.165, 1.54) is 11.3 Å². The van der Waals surface area contributed by atoms with Crippen LogP contribution in [0.5, 0.6) is 11.5 Å². The normalized spacial score (nSPS) is 18.1. The summed E-state index contributed by atoms with van der Waals surface area (Å²) in [6.07, 6.45) is -0.630. The molecule has 1 fully saturated rings. The molecular formula is C26H24N4O4S. The first-order chi connectivity index (χ1) is 17.1. The number of aromatic nitrogens is 2. The Morgan fingerprint density at radius 3 is 2.57 bits per heavy atom. The molecule has 9 heteroatoms. The molecule has 0 radical (unpaired) electrons. The summed E-state index contributed by atoms with van der Waals surface area (Å²) in [5.74, 6) is 1.86. The lowest BCUT2D eigenvalue weighted by Crippen LogP contribution is -2.53. The molecule has 8 nitrogen and oxygen atoms in total. The van der Waals surface area contributed by atoms with Crippen LogP contribution >= 0.6 is 11.3 Å². The molecule has 4 heterocycles. The van der Waals surface area contributed by atoms with Crippen molar-refractivity contribution >= 4 is 27.5 Å². The van der Waals surface area contributed by atoms with Crippen molar-refractivity contribution in [2.75, 3.05) is 32.8 Å². The highest BCUT2D eigenvalue weighted by Gasteiger charge is 2.32. The molecule has 1 N–H and O–H groups in total. The molecule has 2 aliphatic heterocycles. The van der Waals surface area contributed by atoms with E-state index >= 15 is 0 Å². The van der Waals surface area contributed by atoms with E-state index in [1.54, 1.807) is 0 Å². The van der Waals surface area contributed by atoms with E-state index in [0.29, 0.717) is 55.4 Å². The van der Waals surface area contributed by atoms with Gasteiger partial charge in [-0.15, -0.1) is 11.3 Å². The number of H-pyrrole nitrogens is 1. The number of aromatic amines is 1. The van der Waals surface area contributed by atoms with Crippen LogP contribution in [0.2, 0.25) is 0 Å². The standard InChI is InChI=1S/C26H24N4O4S/c31-24-18-14-22(17-6-2-1-3-7-17)35-25(18)28-23(27-24)15-29-10-12-30(13-11-29)26(32)21-16-33-19-8-4-5-9-20(19)34-21/h1-9,14,21H,10-13,15-16H2,(H,27,28,31)/t21-/m0/s1. The van der Waals surface area contributed by atoms with Gasteiger partial charge in [0.05, 0.1) is 11.9 Å². The van der Waals surface area contributed by atoms with Crippen LogP contribution in [0.4, 0.5) is 0 Å². The van der Waals surface area contributed by atoms with Crippen LogP contribution in [0.1, 0.15) is 5.82 Å². The summed E-state index contributed by atoms with van der Waals surface area (Å²) < 4.78 is 11.6. The van der Waals surface area contributed by atoms with Crippen molar-refractivity contribution in [2.45, 2.75) is 12.6 Å². The average molecular weight is 489 g/mol. The van der Waals surface area contributed by atoms with Gasteiger partial charge in [0.25, 0.3) is 11.5 Å². The van der Waals surface area contributed by atoms with Crippen molar-refractivity contribution in [3.05, 3.63) is 76.8 Å². The maximum Gasteiger partial charge on any atom is 0.267 e. The lowest BCUT2D eigenvalue weighted by Gasteiger charge is -2.36. The number of hydrogen-bond donors (Lipinski definition) is 1. The third-order valence-electron chi connectivity index (χ3n) is 6.35. The minimum absolute atomic E-state index is 0.0564. The summed E-state index contributed by atoms with van der Waals surface area (Å²) in [6, 6.07) is 19.3. The van der Waals surface area contributed by atoms with Crippen LogP contribution in [-0.4, -0.2) is 64.6 Å². The third kappa shape index (κ3) is 4.40. The summed E-state index contributed by atoms with van der Waals surface area (Å²) in [5, 5.41) is 0.615. The zero-order valence-corrected chi connectivity index (χ0v) is 19.8. The van der Waals surface area contributed by atoms with Crippen molar-refractivity contribution in [1.29, 1.82) is 0 Å². The van der Waals surface area contributed by atoms with E-state index in [1.807, 2.05) is 65.6 Å². The van der Waals surface area contributed by atoms with Crippen molar-refractivity contribution in [1.82, 2.24) is 19.8 Å². The lowest BCUT2D eigenvalue weighted by atomic mass is 10.2. The second-order valence-electron chi connectivity index (χ2n) is 8.67. The Kier molecular flexibility index (Phi) is 5.71. The molecular weight excluding hydrogens is 464 g/mol. The number of fused-ring (bicyclic) bond motifs is 2. The van der Waals surface area contributed by atoms with Gasteiger partial charge in [0.1, 0.15) is 17.3 Å². The Morgan fingerprint density at radius 1 is 1.03 bits per heavy atom. The van der Waals surface area contributed by atoms with Crippen LogP contribution in [0.25, 0.3) is 20.7 Å². The second-order valence-corrected chi connectivity index (χ2v) is 9.70. The van der Waals surface area contributed by atoms with Crippen molar-refractivity contribution in [3.8, 4) is 21.9 Å². The summed E-state index contributed by atoms with van der Waals surface area (Å²) in [6.45, 7) is 3.30. The van der Waals surface area contributed by atoms with Gasteiger partial charge in [0, 0.05) is 31.1 Å². The largest absolute Gasteiger partial charge is 0.485 e. The number of amides is 1. The molecule has 1 amide bonds. The minimum Gasteiger partial charge on any atom is -0.485 e. The van der Waals surface area contributed by atoms with E-state index in [9.17, 15) is 9.59 Å². The lowest BCUT2D eigenvalue weighted by molar-refractivity contribution is -0.143. The highest BCUT2D eigenvalue weighted by Crippen LogP contribution is 2.32. The van der Waals surface area contributed by atoms with Crippen LogP contribution in [0, 0.1) is 0 Å². The molecule has 6 rings (SSSR count). The first kappa shape index (κ1) is 21.8. The zero-order valence-electron chi connectivity index (χ0n) is 19.0. The third-order valence-corrected chi connectivity index (χ3v) is 7.43. The first-order valence-corrected chi connectivity index (χ1v) is 12.4. The van der Waals surface area contributed by atoms with E-state index in [2.05, 4.69) is 9.88 Å². The predicted molar refractivity (Wildman–Crippen MR) is 134 cm³/mol. The number of para-hydroxylation sites is 2. The first-order valence-electron chi connectivity index (χ1n) is 11.6. The Bertz CT molecular complexity index is 1430. The molecule has 0 spiro atoms. The number of piperazine rings is 1. The monoisotopic (exact) mass is 488 g/mol. The van der Waals surface area contributed by atoms with Crippen molar-refractivity contribution in [2.24, 2.45) is 0 Å². The van der Waals surface area contributed by atoms with Gasteiger partial charge in [0.2, 0.25) is 6.10 Å². The van der Waals surface area contributed by atoms with E-state index in [0.717, 1.165) is 15.3 Å². The molecule has 4 aromatic rings. The maximum absolute atomic E-state index is 13.0. The van der Waals surface area contributed by atoms with E-state index in [4.69, 9.17) is 14.5 Å². The highest BCUT2D eigenvalue weighted by molar-refractivity contribution is 7.21. The smallest absolute Gasteiger partial charge is 0.267 e. The molecule has 2 aromatic heterocycles. The molecule has 35 heavy (non-hydrogen) atoms. The molecule has 0 bridgehead atoms. The molecule has 0 saturated carbocycles. The Balaban J connectivity index is 1.09. The topological polar surface area (TPSA) is 87.8 Å². The Hall–Kier alpha value is -3.69. The number of ether oxygens (including phenoxy) is 2. The second kappa shape index (κ2) is 9.16. The van der Waals surface area contributed by atoms with Crippen LogP contribution in [0.3, 0.4) is 0 Å². The van der Waals surface area contributed by atoms with Gasteiger partial charge < -0.3 is 19.4 Å². The summed E-state index contributed by atoms with van der Waals surface area (Å²) in [5.41, 5.74) is 0.958. The van der Waals surface area contributed by atoms with Gasteiger partial charge in [-0.2, -0.15) is 0 Å². The number of benzene rings is 2. The van der Waals surface area contributed by atoms with Crippen molar-refractivity contribution < 1.29 is 14.3 Å². The molecule has 0 aliphatic carbocycles. The summed E-state index contributed by atoms with van der Waals surface area (Å²) in [7, 11) is 0. The van der Waals surface area contributed by atoms with E-state index < -0.39 is 6.10 Å². The molecule has 1 atom stereocenters.